The van der Waals surface area contributed by atoms with Gasteiger partial charge in [0.1, 0.15) is 5.69 Å². The van der Waals surface area contributed by atoms with E-state index in [0.717, 1.165) is 43.7 Å². The maximum atomic E-state index is 13.0. The number of carbonyl (C=O) groups excluding carboxylic acids is 1. The lowest BCUT2D eigenvalue weighted by molar-refractivity contribution is 0.0980. The summed E-state index contributed by atoms with van der Waals surface area (Å²) in [5.74, 6) is -0.0180. The number of amides is 1. The summed E-state index contributed by atoms with van der Waals surface area (Å²) in [7, 11) is 0. The number of carbonyl (C=O) groups is 1. The third kappa shape index (κ3) is 2.78. The Morgan fingerprint density at radius 1 is 0.815 bits per heavy atom. The van der Waals surface area contributed by atoms with Crippen LogP contribution in [0, 0.1) is 0 Å². The number of aromatic nitrogens is 1. The van der Waals surface area contributed by atoms with Crippen molar-refractivity contribution in [1.29, 1.82) is 0 Å². The van der Waals surface area contributed by atoms with E-state index >= 15 is 0 Å². The fourth-order valence-corrected chi connectivity index (χ4v) is 4.16. The molecule has 0 N–H and O–H groups in total. The summed E-state index contributed by atoms with van der Waals surface area (Å²) in [6.07, 6.45) is 4.89. The van der Waals surface area contributed by atoms with E-state index in [4.69, 9.17) is 0 Å². The van der Waals surface area contributed by atoms with Crippen LogP contribution in [-0.4, -0.2) is 24.0 Å². The van der Waals surface area contributed by atoms with Crippen molar-refractivity contribution in [3.63, 3.8) is 0 Å². The number of anilines is 3. The smallest absolute Gasteiger partial charge is 0.276 e. The number of benzene rings is 2. The van der Waals surface area contributed by atoms with Gasteiger partial charge >= 0.3 is 0 Å². The van der Waals surface area contributed by atoms with Crippen LogP contribution < -0.4 is 9.80 Å². The highest BCUT2D eigenvalue weighted by Gasteiger charge is 2.25. The fourth-order valence-electron chi connectivity index (χ4n) is 4.16. The number of para-hydroxylation sites is 2. The minimum absolute atomic E-state index is 0.0180. The van der Waals surface area contributed by atoms with Crippen LogP contribution in [0.25, 0.3) is 0 Å². The third-order valence-electron chi connectivity index (χ3n) is 5.52. The molecule has 0 saturated carbocycles. The van der Waals surface area contributed by atoms with Gasteiger partial charge in [-0.2, -0.15) is 0 Å². The molecule has 4 heteroatoms. The molecule has 134 valence electrons. The summed E-state index contributed by atoms with van der Waals surface area (Å²) in [6, 6.07) is 20.5. The topological polar surface area (TPSA) is 36.4 Å². The Hall–Kier alpha value is -3.14. The molecule has 2 aliphatic heterocycles. The van der Waals surface area contributed by atoms with Crippen molar-refractivity contribution in [1.82, 2.24) is 4.98 Å². The van der Waals surface area contributed by atoms with Crippen molar-refractivity contribution < 1.29 is 4.79 Å². The van der Waals surface area contributed by atoms with E-state index in [2.05, 4.69) is 40.2 Å². The number of aryl methyl sites for hydroxylation is 1. The zero-order chi connectivity index (χ0) is 18.2. The Bertz CT molecular complexity index is 997. The quantitative estimate of drug-likeness (QED) is 0.685. The van der Waals surface area contributed by atoms with Crippen LogP contribution in [0.5, 0.6) is 0 Å². The lowest BCUT2D eigenvalue weighted by atomic mass is 10.0. The van der Waals surface area contributed by atoms with Crippen molar-refractivity contribution in [2.24, 2.45) is 0 Å². The normalized spacial score (nSPS) is 15.4. The zero-order valence-electron chi connectivity index (χ0n) is 15.1. The molecule has 0 atom stereocenters. The summed E-state index contributed by atoms with van der Waals surface area (Å²) in [5, 5.41) is 0. The predicted octanol–water partition coefficient (Wildman–Crippen LogP) is 4.37. The maximum Gasteiger partial charge on any atom is 0.276 e. The Kier molecular flexibility index (Phi) is 3.89. The van der Waals surface area contributed by atoms with Gasteiger partial charge in [0, 0.05) is 24.5 Å². The first-order valence-corrected chi connectivity index (χ1v) is 9.52. The van der Waals surface area contributed by atoms with Gasteiger partial charge in [-0.1, -0.05) is 36.4 Å². The van der Waals surface area contributed by atoms with Gasteiger partial charge < -0.3 is 9.80 Å². The number of hydrogen-bond acceptors (Lipinski definition) is 3. The van der Waals surface area contributed by atoms with E-state index in [1.54, 1.807) is 0 Å². The molecule has 1 amide bonds. The highest BCUT2D eigenvalue weighted by Crippen LogP contribution is 2.34. The first-order chi connectivity index (χ1) is 13.3. The number of hydrogen-bond donors (Lipinski definition) is 0. The molecule has 1 aromatic heterocycles. The standard InChI is InChI=1S/C23H21N3O/c27-23(26-14-5-8-17-6-1-4-10-22(17)26)20-12-11-19(16-24-20)25-15-13-18-7-2-3-9-21(18)25/h1-4,6-7,9-12,16H,5,8,13-15H2. The molecule has 0 unspecified atom stereocenters. The van der Waals surface area contributed by atoms with Crippen LogP contribution in [0.4, 0.5) is 17.1 Å². The Labute approximate surface area is 159 Å². The molecule has 0 spiro atoms. The van der Waals surface area contributed by atoms with Gasteiger partial charge in [0.25, 0.3) is 5.91 Å². The number of pyridine rings is 1. The first kappa shape index (κ1) is 16.1. The molecule has 0 bridgehead atoms. The number of rotatable bonds is 2. The number of fused-ring (bicyclic) bond motifs is 2. The molecule has 0 fully saturated rings. The zero-order valence-corrected chi connectivity index (χ0v) is 15.1. The lowest BCUT2D eigenvalue weighted by Gasteiger charge is -2.29. The molecule has 2 aliphatic rings. The van der Waals surface area contributed by atoms with Gasteiger partial charge in [-0.3, -0.25) is 4.79 Å². The second-order valence-corrected chi connectivity index (χ2v) is 7.12. The molecule has 0 aliphatic carbocycles. The molecular weight excluding hydrogens is 334 g/mol. The van der Waals surface area contributed by atoms with E-state index in [1.807, 2.05) is 41.4 Å². The Morgan fingerprint density at radius 3 is 2.33 bits per heavy atom. The van der Waals surface area contributed by atoms with E-state index < -0.39 is 0 Å². The van der Waals surface area contributed by atoms with Crippen LogP contribution >= 0.6 is 0 Å². The molecule has 3 heterocycles. The second kappa shape index (κ2) is 6.54. The minimum Gasteiger partial charge on any atom is -0.340 e. The fraction of sp³-hybridized carbons (Fsp3) is 0.217. The van der Waals surface area contributed by atoms with Crippen molar-refractivity contribution in [3.8, 4) is 0 Å². The lowest BCUT2D eigenvalue weighted by Crippen LogP contribution is -2.35. The Balaban J connectivity index is 1.41. The van der Waals surface area contributed by atoms with Gasteiger partial charge in [-0.05, 0) is 54.7 Å². The Morgan fingerprint density at radius 2 is 1.56 bits per heavy atom. The molecule has 27 heavy (non-hydrogen) atoms. The van der Waals surface area contributed by atoms with Gasteiger partial charge in [-0.25, -0.2) is 4.98 Å². The third-order valence-corrected chi connectivity index (χ3v) is 5.52. The largest absolute Gasteiger partial charge is 0.340 e. The minimum atomic E-state index is -0.0180. The van der Waals surface area contributed by atoms with Crippen LogP contribution in [-0.2, 0) is 12.8 Å². The molecule has 5 rings (SSSR count). The van der Waals surface area contributed by atoms with Crippen molar-refractivity contribution in [2.75, 3.05) is 22.9 Å². The van der Waals surface area contributed by atoms with E-state index in [0.29, 0.717) is 5.69 Å². The second-order valence-electron chi connectivity index (χ2n) is 7.12. The van der Waals surface area contributed by atoms with Crippen LogP contribution in [0.1, 0.15) is 28.0 Å². The van der Waals surface area contributed by atoms with Crippen molar-refractivity contribution >= 4 is 23.0 Å². The van der Waals surface area contributed by atoms with Gasteiger partial charge in [0.2, 0.25) is 0 Å². The van der Waals surface area contributed by atoms with Crippen molar-refractivity contribution in [3.05, 3.63) is 83.7 Å². The van der Waals surface area contributed by atoms with Crippen LogP contribution in [0.2, 0.25) is 0 Å². The average Bonchev–Trinajstić information content (AvgIpc) is 3.17. The summed E-state index contributed by atoms with van der Waals surface area (Å²) in [4.78, 5) is 21.7. The summed E-state index contributed by atoms with van der Waals surface area (Å²) in [6.45, 7) is 1.70. The van der Waals surface area contributed by atoms with Crippen molar-refractivity contribution in [2.45, 2.75) is 19.3 Å². The monoisotopic (exact) mass is 355 g/mol. The molecule has 2 aromatic carbocycles. The molecule has 0 saturated heterocycles. The van der Waals surface area contributed by atoms with Gasteiger partial charge in [0.05, 0.1) is 11.9 Å². The average molecular weight is 355 g/mol. The summed E-state index contributed by atoms with van der Waals surface area (Å²) >= 11 is 0. The van der Waals surface area contributed by atoms with E-state index in [9.17, 15) is 4.79 Å². The van der Waals surface area contributed by atoms with Gasteiger partial charge in [0.15, 0.2) is 0 Å². The van der Waals surface area contributed by atoms with E-state index in [-0.39, 0.29) is 5.91 Å². The summed E-state index contributed by atoms with van der Waals surface area (Å²) in [5.41, 5.74) is 6.40. The maximum absolute atomic E-state index is 13.0. The molecule has 0 radical (unpaired) electrons. The molecule has 4 nitrogen and oxygen atoms in total. The molecule has 3 aromatic rings. The van der Waals surface area contributed by atoms with Gasteiger partial charge in [-0.15, -0.1) is 0 Å². The highest BCUT2D eigenvalue weighted by molar-refractivity contribution is 6.05. The summed E-state index contributed by atoms with van der Waals surface area (Å²) < 4.78 is 0. The van der Waals surface area contributed by atoms with Crippen LogP contribution in [0.3, 0.4) is 0 Å². The number of nitrogens with zero attached hydrogens (tertiary/aromatic N) is 3. The highest BCUT2D eigenvalue weighted by atomic mass is 16.2. The van der Waals surface area contributed by atoms with E-state index in [1.165, 1.54) is 16.8 Å². The SMILES string of the molecule is O=C(c1ccc(N2CCc3ccccc32)cn1)N1CCCc2ccccc21. The predicted molar refractivity (Wildman–Crippen MR) is 108 cm³/mol. The first-order valence-electron chi connectivity index (χ1n) is 9.52. The van der Waals surface area contributed by atoms with Crippen LogP contribution in [0.15, 0.2) is 66.9 Å². The molecular formula is C23H21N3O.